The number of carbonyl (C=O) groups excluding carboxylic acids is 3. The Bertz CT molecular complexity index is 576. The Morgan fingerprint density at radius 1 is 0.760 bits per heavy atom. The van der Waals surface area contributed by atoms with Gasteiger partial charge in [-0.2, -0.15) is 0 Å². The predicted octanol–water partition coefficient (Wildman–Crippen LogP) is 2.93. The largest absolute Gasteiger partial charge is 0.550 e. The van der Waals surface area contributed by atoms with Gasteiger partial charge in [-0.3, -0.25) is 14.5 Å². The molecular weight excluding hydrogens is 318 g/mol. The highest BCUT2D eigenvalue weighted by atomic mass is 16.4. The number of nitrogens with zero attached hydrogens (tertiary/aromatic N) is 1. The number of hydrogen-bond acceptors (Lipinski definition) is 4. The molecule has 1 aliphatic rings. The molecular formula is C20H26NO4-. The van der Waals surface area contributed by atoms with E-state index in [2.05, 4.69) is 0 Å². The van der Waals surface area contributed by atoms with Gasteiger partial charge in [0.15, 0.2) is 0 Å². The van der Waals surface area contributed by atoms with E-state index in [1.807, 2.05) is 0 Å². The Morgan fingerprint density at radius 3 is 1.68 bits per heavy atom. The Kier molecular flexibility index (Phi) is 7.64. The molecule has 0 unspecified atom stereocenters. The summed E-state index contributed by atoms with van der Waals surface area (Å²) in [5.41, 5.74) is 1.04. The van der Waals surface area contributed by atoms with Crippen molar-refractivity contribution >= 4 is 17.8 Å². The Balaban J connectivity index is 1.51. The maximum atomic E-state index is 12.2. The van der Waals surface area contributed by atoms with E-state index >= 15 is 0 Å². The highest BCUT2D eigenvalue weighted by Crippen LogP contribution is 2.23. The van der Waals surface area contributed by atoms with Crippen LogP contribution in [0.4, 0.5) is 0 Å². The zero-order valence-corrected chi connectivity index (χ0v) is 14.7. The lowest BCUT2D eigenvalue weighted by molar-refractivity contribution is -0.305. The highest BCUT2D eigenvalue weighted by molar-refractivity contribution is 6.21. The van der Waals surface area contributed by atoms with Crippen LogP contribution < -0.4 is 5.11 Å². The predicted molar refractivity (Wildman–Crippen MR) is 93.0 cm³/mol. The van der Waals surface area contributed by atoms with Crippen LogP contribution in [0.15, 0.2) is 24.3 Å². The zero-order chi connectivity index (χ0) is 18.1. The number of imide groups is 1. The maximum Gasteiger partial charge on any atom is 0.261 e. The van der Waals surface area contributed by atoms with E-state index < -0.39 is 5.97 Å². The molecule has 0 bridgehead atoms. The SMILES string of the molecule is O=C([O-])CCCCCCCCCCCN1C(=O)c2ccccc2C1=O. The van der Waals surface area contributed by atoms with E-state index in [9.17, 15) is 19.5 Å². The number of carboxylic acid groups (broad SMARTS) is 1. The topological polar surface area (TPSA) is 77.5 Å². The van der Waals surface area contributed by atoms with E-state index in [4.69, 9.17) is 0 Å². The first-order valence-corrected chi connectivity index (χ1v) is 9.26. The van der Waals surface area contributed by atoms with Crippen LogP contribution in [-0.2, 0) is 4.79 Å². The molecule has 0 N–H and O–H groups in total. The smallest absolute Gasteiger partial charge is 0.261 e. The van der Waals surface area contributed by atoms with Gasteiger partial charge >= 0.3 is 0 Å². The Morgan fingerprint density at radius 2 is 1.20 bits per heavy atom. The summed E-state index contributed by atoms with van der Waals surface area (Å²) >= 11 is 0. The molecule has 1 heterocycles. The van der Waals surface area contributed by atoms with Gasteiger partial charge in [-0.05, 0) is 31.4 Å². The van der Waals surface area contributed by atoms with Crippen molar-refractivity contribution in [3.8, 4) is 0 Å². The standard InChI is InChI=1S/C20H27NO4/c22-18(23)14-8-6-4-2-1-3-5-7-11-15-21-19(24)16-12-9-10-13-17(16)20(21)25/h9-10,12-13H,1-8,11,14-15H2,(H,22,23)/p-1. The number of aliphatic carboxylic acids is 1. The van der Waals surface area contributed by atoms with Gasteiger partial charge in [0.25, 0.3) is 11.8 Å². The molecule has 2 rings (SSSR count). The molecule has 25 heavy (non-hydrogen) atoms. The number of hydrogen-bond donors (Lipinski definition) is 0. The molecule has 2 amide bonds. The van der Waals surface area contributed by atoms with Crippen LogP contribution in [0.5, 0.6) is 0 Å². The second-order valence-corrected chi connectivity index (χ2v) is 6.61. The van der Waals surface area contributed by atoms with Crippen molar-refractivity contribution in [1.82, 2.24) is 4.90 Å². The van der Waals surface area contributed by atoms with Crippen molar-refractivity contribution in [3.05, 3.63) is 35.4 Å². The number of carbonyl (C=O) groups is 3. The van der Waals surface area contributed by atoms with Crippen LogP contribution in [0.1, 0.15) is 84.9 Å². The third kappa shape index (κ3) is 5.69. The molecule has 0 saturated heterocycles. The van der Waals surface area contributed by atoms with Crippen LogP contribution in [0, 0.1) is 0 Å². The third-order valence-corrected chi connectivity index (χ3v) is 4.64. The van der Waals surface area contributed by atoms with Gasteiger partial charge in [0.2, 0.25) is 0 Å². The van der Waals surface area contributed by atoms with Crippen molar-refractivity contribution in [2.24, 2.45) is 0 Å². The van der Waals surface area contributed by atoms with Gasteiger partial charge in [0.1, 0.15) is 0 Å². The molecule has 1 aliphatic heterocycles. The van der Waals surface area contributed by atoms with Gasteiger partial charge < -0.3 is 9.90 Å². The van der Waals surface area contributed by atoms with Crippen LogP contribution in [0.2, 0.25) is 0 Å². The van der Waals surface area contributed by atoms with Crippen LogP contribution >= 0.6 is 0 Å². The molecule has 1 aromatic rings. The summed E-state index contributed by atoms with van der Waals surface area (Å²) in [4.78, 5) is 36.1. The lowest BCUT2D eigenvalue weighted by Crippen LogP contribution is -2.30. The summed E-state index contributed by atoms with van der Waals surface area (Å²) in [6.07, 6.45) is 9.28. The summed E-state index contributed by atoms with van der Waals surface area (Å²) in [7, 11) is 0. The molecule has 0 atom stereocenters. The van der Waals surface area contributed by atoms with E-state index in [1.54, 1.807) is 24.3 Å². The molecule has 5 nitrogen and oxygen atoms in total. The van der Waals surface area contributed by atoms with Gasteiger partial charge in [-0.25, -0.2) is 0 Å². The first-order chi connectivity index (χ1) is 12.1. The van der Waals surface area contributed by atoms with E-state index in [0.29, 0.717) is 24.1 Å². The number of unbranched alkanes of at least 4 members (excludes halogenated alkanes) is 8. The summed E-state index contributed by atoms with van der Waals surface area (Å²) in [5, 5.41) is 10.3. The normalized spacial score (nSPS) is 13.4. The molecule has 0 spiro atoms. The monoisotopic (exact) mass is 344 g/mol. The second-order valence-electron chi connectivity index (χ2n) is 6.61. The lowest BCUT2D eigenvalue weighted by Gasteiger charge is -2.13. The van der Waals surface area contributed by atoms with Crippen LogP contribution in [-0.4, -0.2) is 29.2 Å². The lowest BCUT2D eigenvalue weighted by atomic mass is 10.1. The molecule has 0 saturated carbocycles. The van der Waals surface area contributed by atoms with Gasteiger partial charge in [0.05, 0.1) is 11.1 Å². The summed E-state index contributed by atoms with van der Waals surface area (Å²) in [6.45, 7) is 0.496. The molecule has 136 valence electrons. The first kappa shape index (κ1) is 19.2. The summed E-state index contributed by atoms with van der Waals surface area (Å²) in [5.74, 6) is -1.30. The number of fused-ring (bicyclic) bond motifs is 1. The highest BCUT2D eigenvalue weighted by Gasteiger charge is 2.34. The number of carboxylic acids is 1. The maximum absolute atomic E-state index is 12.2. The fourth-order valence-corrected chi connectivity index (χ4v) is 3.22. The number of rotatable bonds is 12. The van der Waals surface area contributed by atoms with E-state index in [-0.39, 0.29) is 18.2 Å². The molecule has 0 radical (unpaired) electrons. The zero-order valence-electron chi connectivity index (χ0n) is 14.7. The fourth-order valence-electron chi connectivity index (χ4n) is 3.22. The van der Waals surface area contributed by atoms with Crippen molar-refractivity contribution in [1.29, 1.82) is 0 Å². The average Bonchev–Trinajstić information content (AvgIpc) is 2.84. The Labute approximate surface area is 149 Å². The third-order valence-electron chi connectivity index (χ3n) is 4.64. The minimum absolute atomic E-state index is 0.164. The minimum Gasteiger partial charge on any atom is -0.550 e. The quantitative estimate of drug-likeness (QED) is 0.431. The van der Waals surface area contributed by atoms with Gasteiger partial charge in [0, 0.05) is 12.5 Å². The number of amides is 2. The Hall–Kier alpha value is -2.17. The van der Waals surface area contributed by atoms with E-state index in [1.165, 1.54) is 4.90 Å². The molecule has 0 aliphatic carbocycles. The van der Waals surface area contributed by atoms with Crippen molar-refractivity contribution < 1.29 is 19.5 Å². The van der Waals surface area contributed by atoms with Crippen molar-refractivity contribution in [2.45, 2.75) is 64.2 Å². The van der Waals surface area contributed by atoms with Crippen LogP contribution in [0.25, 0.3) is 0 Å². The minimum atomic E-state index is -0.960. The van der Waals surface area contributed by atoms with Crippen molar-refractivity contribution in [2.75, 3.05) is 6.54 Å². The summed E-state index contributed by atoms with van der Waals surface area (Å²) < 4.78 is 0. The van der Waals surface area contributed by atoms with E-state index in [0.717, 1.165) is 51.4 Å². The molecule has 0 aromatic heterocycles. The fraction of sp³-hybridized carbons (Fsp3) is 0.550. The van der Waals surface area contributed by atoms with Crippen molar-refractivity contribution in [3.63, 3.8) is 0 Å². The molecule has 5 heteroatoms. The molecule has 1 aromatic carbocycles. The summed E-state index contributed by atoms with van der Waals surface area (Å²) in [6, 6.07) is 6.99. The van der Waals surface area contributed by atoms with Crippen LogP contribution in [0.3, 0.4) is 0 Å². The van der Waals surface area contributed by atoms with Gasteiger partial charge in [-0.1, -0.05) is 57.1 Å². The van der Waals surface area contributed by atoms with Gasteiger partial charge in [-0.15, -0.1) is 0 Å². The first-order valence-electron chi connectivity index (χ1n) is 9.26. The average molecular weight is 344 g/mol. The number of benzene rings is 1. The molecule has 0 fully saturated rings. The second kappa shape index (κ2) is 9.97.